The Kier molecular flexibility index (Phi) is 5.22. The Morgan fingerprint density at radius 2 is 2.00 bits per heavy atom. The van der Waals surface area contributed by atoms with E-state index in [9.17, 15) is 18.0 Å². The van der Waals surface area contributed by atoms with Gasteiger partial charge in [-0.15, -0.1) is 0 Å². The van der Waals surface area contributed by atoms with Crippen LogP contribution in [0.5, 0.6) is 0 Å². The molecule has 3 N–H and O–H groups in total. The fraction of sp³-hybridized carbons (Fsp3) is 0.438. The zero-order chi connectivity index (χ0) is 19.6. The highest BCUT2D eigenvalue weighted by atomic mass is 19.4. The molecule has 11 heteroatoms. The van der Waals surface area contributed by atoms with Gasteiger partial charge in [-0.1, -0.05) is 0 Å². The Labute approximate surface area is 153 Å². The maximum atomic E-state index is 13.1. The number of hydrogen-bond acceptors (Lipinski definition) is 7. The zero-order valence-electron chi connectivity index (χ0n) is 14.4. The Balaban J connectivity index is 1.79. The molecule has 0 spiro atoms. The number of carbonyl (C=O) groups is 1. The number of nitrogens with one attached hydrogen (secondary N) is 1. The quantitative estimate of drug-likeness (QED) is 0.830. The van der Waals surface area contributed by atoms with Crippen molar-refractivity contribution in [2.45, 2.75) is 38.0 Å². The largest absolute Gasteiger partial charge is 0.408 e. The van der Waals surface area contributed by atoms with E-state index < -0.39 is 24.2 Å². The topological polar surface area (TPSA) is 110 Å². The van der Waals surface area contributed by atoms with Crippen LogP contribution in [-0.4, -0.2) is 50.6 Å². The number of carbonyl (C=O) groups excluding carboxylic acids is 1. The van der Waals surface area contributed by atoms with Gasteiger partial charge in [-0.25, -0.2) is 15.0 Å². The van der Waals surface area contributed by atoms with Gasteiger partial charge in [0.25, 0.3) is 0 Å². The normalized spacial score (nSPS) is 18.4. The highest BCUT2D eigenvalue weighted by molar-refractivity contribution is 5.93. The lowest BCUT2D eigenvalue weighted by molar-refractivity contribution is -0.146. The van der Waals surface area contributed by atoms with Crippen LogP contribution in [-0.2, 0) is 4.79 Å². The molecule has 8 nitrogen and oxygen atoms in total. The van der Waals surface area contributed by atoms with E-state index in [1.165, 1.54) is 31.7 Å². The van der Waals surface area contributed by atoms with Crippen molar-refractivity contribution >= 4 is 17.7 Å². The fourth-order valence-electron chi connectivity index (χ4n) is 2.75. The van der Waals surface area contributed by atoms with Gasteiger partial charge < -0.3 is 16.0 Å². The maximum absolute atomic E-state index is 13.1. The minimum absolute atomic E-state index is 0.0212. The third kappa shape index (κ3) is 4.30. The lowest BCUT2D eigenvalue weighted by Gasteiger charge is -2.26. The predicted octanol–water partition coefficient (Wildman–Crippen LogP) is 1.75. The van der Waals surface area contributed by atoms with Crippen LogP contribution in [0.15, 0.2) is 24.8 Å². The van der Waals surface area contributed by atoms with Crippen molar-refractivity contribution in [2.75, 3.05) is 16.8 Å². The predicted molar refractivity (Wildman–Crippen MR) is 91.8 cm³/mol. The van der Waals surface area contributed by atoms with Gasteiger partial charge in [-0.2, -0.15) is 13.2 Å². The van der Waals surface area contributed by atoms with Crippen molar-refractivity contribution < 1.29 is 18.0 Å². The van der Waals surface area contributed by atoms with E-state index in [1.54, 1.807) is 0 Å². The summed E-state index contributed by atoms with van der Waals surface area (Å²) in [4.78, 5) is 29.1. The second-order valence-corrected chi connectivity index (χ2v) is 6.23. The Hall–Kier alpha value is -2.82. The Morgan fingerprint density at radius 1 is 1.30 bits per heavy atom. The number of alkyl halides is 3. The summed E-state index contributed by atoms with van der Waals surface area (Å²) < 4.78 is 39.3. The smallest absolute Gasteiger partial charge is 0.329 e. The van der Waals surface area contributed by atoms with Crippen molar-refractivity contribution in [3.8, 4) is 11.3 Å². The number of nitrogens with two attached hydrogens (primary N) is 1. The van der Waals surface area contributed by atoms with E-state index in [2.05, 4.69) is 25.3 Å². The molecule has 0 radical (unpaired) electrons. The fourth-order valence-corrected chi connectivity index (χ4v) is 2.75. The van der Waals surface area contributed by atoms with E-state index >= 15 is 0 Å². The van der Waals surface area contributed by atoms with Gasteiger partial charge in [0, 0.05) is 24.5 Å². The summed E-state index contributed by atoms with van der Waals surface area (Å²) in [7, 11) is 0. The summed E-state index contributed by atoms with van der Waals surface area (Å²) in [6, 6.07) is -2.28. The first-order valence-corrected chi connectivity index (χ1v) is 8.30. The average molecular weight is 381 g/mol. The van der Waals surface area contributed by atoms with Crippen molar-refractivity contribution in [3.63, 3.8) is 0 Å². The van der Waals surface area contributed by atoms with Crippen LogP contribution in [0.2, 0.25) is 0 Å². The molecule has 2 unspecified atom stereocenters. The molecule has 0 aliphatic carbocycles. The molecule has 27 heavy (non-hydrogen) atoms. The van der Waals surface area contributed by atoms with Crippen molar-refractivity contribution in [2.24, 2.45) is 5.73 Å². The summed E-state index contributed by atoms with van der Waals surface area (Å²) >= 11 is 0. The van der Waals surface area contributed by atoms with Crippen molar-refractivity contribution in [3.05, 3.63) is 24.8 Å². The first-order chi connectivity index (χ1) is 12.8. The summed E-state index contributed by atoms with van der Waals surface area (Å²) in [5.41, 5.74) is 6.32. The molecule has 0 saturated carbocycles. The number of anilines is 2. The van der Waals surface area contributed by atoms with Gasteiger partial charge in [-0.3, -0.25) is 9.78 Å². The first kappa shape index (κ1) is 19.0. The monoisotopic (exact) mass is 381 g/mol. The van der Waals surface area contributed by atoms with Gasteiger partial charge >= 0.3 is 6.18 Å². The van der Waals surface area contributed by atoms with Crippen LogP contribution >= 0.6 is 0 Å². The van der Waals surface area contributed by atoms with E-state index in [0.717, 1.165) is 4.90 Å². The lowest BCUT2D eigenvalue weighted by atomic mass is 10.2. The lowest BCUT2D eigenvalue weighted by Crippen LogP contribution is -2.42. The van der Waals surface area contributed by atoms with E-state index in [0.29, 0.717) is 17.7 Å². The van der Waals surface area contributed by atoms with Crippen LogP contribution in [0.3, 0.4) is 0 Å². The van der Waals surface area contributed by atoms with Crippen LogP contribution in [0.1, 0.15) is 19.8 Å². The molecule has 144 valence electrons. The molecular weight excluding hydrogens is 363 g/mol. The molecule has 1 aliphatic rings. The van der Waals surface area contributed by atoms with Gasteiger partial charge in [0.1, 0.15) is 6.04 Å². The van der Waals surface area contributed by atoms with Crippen LogP contribution in [0.4, 0.5) is 24.9 Å². The van der Waals surface area contributed by atoms with Crippen LogP contribution < -0.4 is 16.0 Å². The van der Waals surface area contributed by atoms with E-state index in [-0.39, 0.29) is 24.7 Å². The SMILES string of the molecule is CC(N)C(=O)Nc1cncc(-c2cnc(N3CCCC3C(F)(F)F)nc2)n1. The van der Waals surface area contributed by atoms with E-state index in [4.69, 9.17) is 5.73 Å². The number of amides is 1. The molecule has 0 aromatic carbocycles. The molecule has 1 fully saturated rings. The van der Waals surface area contributed by atoms with E-state index in [1.807, 2.05) is 0 Å². The Bertz CT molecular complexity index is 810. The average Bonchev–Trinajstić information content (AvgIpc) is 3.12. The molecule has 2 aromatic rings. The second kappa shape index (κ2) is 7.43. The molecule has 3 heterocycles. The molecule has 2 aromatic heterocycles. The molecule has 1 saturated heterocycles. The number of nitrogens with zero attached hydrogens (tertiary/aromatic N) is 5. The molecule has 0 bridgehead atoms. The van der Waals surface area contributed by atoms with Crippen molar-refractivity contribution in [1.82, 2.24) is 19.9 Å². The third-order valence-electron chi connectivity index (χ3n) is 4.12. The number of rotatable bonds is 4. The summed E-state index contributed by atoms with van der Waals surface area (Å²) in [5, 5.41) is 2.52. The van der Waals surface area contributed by atoms with Crippen LogP contribution in [0.25, 0.3) is 11.3 Å². The molecule has 1 aliphatic heterocycles. The second-order valence-electron chi connectivity index (χ2n) is 6.23. The minimum Gasteiger partial charge on any atom is -0.329 e. The maximum Gasteiger partial charge on any atom is 0.408 e. The number of aromatic nitrogens is 4. The van der Waals surface area contributed by atoms with Crippen LogP contribution in [0, 0.1) is 0 Å². The molecule has 2 atom stereocenters. The molecular formula is C16H18F3N7O. The highest BCUT2D eigenvalue weighted by Crippen LogP contribution is 2.34. The van der Waals surface area contributed by atoms with Crippen molar-refractivity contribution in [1.29, 1.82) is 0 Å². The molecule has 3 rings (SSSR count). The summed E-state index contributed by atoms with van der Waals surface area (Å²) in [6.45, 7) is 1.79. The first-order valence-electron chi connectivity index (χ1n) is 8.30. The number of hydrogen-bond donors (Lipinski definition) is 2. The van der Waals surface area contributed by atoms with Gasteiger partial charge in [0.05, 0.1) is 24.1 Å². The summed E-state index contributed by atoms with van der Waals surface area (Å²) in [5.74, 6) is -0.191. The van der Waals surface area contributed by atoms with Gasteiger partial charge in [-0.05, 0) is 19.8 Å². The van der Waals surface area contributed by atoms with Gasteiger partial charge in [0.15, 0.2) is 5.82 Å². The third-order valence-corrected chi connectivity index (χ3v) is 4.12. The molecule has 1 amide bonds. The zero-order valence-corrected chi connectivity index (χ0v) is 14.4. The minimum atomic E-state index is -4.32. The number of halogens is 3. The summed E-state index contributed by atoms with van der Waals surface area (Å²) in [6.07, 6.45) is 1.70. The van der Waals surface area contributed by atoms with Gasteiger partial charge in [0.2, 0.25) is 11.9 Å². The Morgan fingerprint density at radius 3 is 2.63 bits per heavy atom. The highest BCUT2D eigenvalue weighted by Gasteiger charge is 2.46. The standard InChI is InChI=1S/C16H18F3N7O/c1-9(20)14(27)25-13-8-21-7-11(24-13)10-5-22-15(23-6-10)26-4-2-3-12(26)16(17,18)19/h5-9,12H,2-4,20H2,1H3,(H,24,25,27).